The Kier molecular flexibility index (Phi) is 6.52. The second-order valence-electron chi connectivity index (χ2n) is 4.30. The highest BCUT2D eigenvalue weighted by Gasteiger charge is 2.16. The molecule has 1 amide bonds. The van der Waals surface area contributed by atoms with Crippen molar-refractivity contribution in [2.24, 2.45) is 0 Å². The van der Waals surface area contributed by atoms with Gasteiger partial charge in [-0.25, -0.2) is 0 Å². The predicted molar refractivity (Wildman–Crippen MR) is 72.8 cm³/mol. The zero-order valence-corrected chi connectivity index (χ0v) is 11.7. The molecule has 0 aliphatic heterocycles. The van der Waals surface area contributed by atoms with E-state index in [9.17, 15) is 9.59 Å². The Morgan fingerprint density at radius 1 is 1.25 bits per heavy atom. The van der Waals surface area contributed by atoms with Crippen LogP contribution in [0.1, 0.15) is 5.56 Å². The minimum atomic E-state index is -1.07. The molecule has 0 radical (unpaired) electrons. The molecule has 110 valence electrons. The van der Waals surface area contributed by atoms with Crippen LogP contribution in [0.2, 0.25) is 0 Å². The fourth-order valence-electron chi connectivity index (χ4n) is 1.53. The molecule has 0 aromatic heterocycles. The molecule has 0 saturated heterocycles. The van der Waals surface area contributed by atoms with Crippen LogP contribution in [0.25, 0.3) is 0 Å². The number of rotatable bonds is 8. The quantitative estimate of drug-likeness (QED) is 0.767. The summed E-state index contributed by atoms with van der Waals surface area (Å²) >= 11 is 0. The summed E-state index contributed by atoms with van der Waals surface area (Å²) in [6.07, 6.45) is 0. The number of hydrogen-bond acceptors (Lipinski definition) is 4. The number of carboxylic acid groups (broad SMARTS) is 1. The summed E-state index contributed by atoms with van der Waals surface area (Å²) in [4.78, 5) is 23.8. The van der Waals surface area contributed by atoms with Gasteiger partial charge < -0.3 is 19.5 Å². The number of nitrogens with zero attached hydrogens (tertiary/aromatic N) is 1. The van der Waals surface area contributed by atoms with Crippen LogP contribution in [0.15, 0.2) is 24.3 Å². The summed E-state index contributed by atoms with van der Waals surface area (Å²) in [5, 5.41) is 8.77. The maximum atomic E-state index is 11.9. The number of hydrogen-bond donors (Lipinski definition) is 1. The van der Waals surface area contributed by atoms with Gasteiger partial charge in [-0.2, -0.15) is 0 Å². The van der Waals surface area contributed by atoms with E-state index in [0.717, 1.165) is 5.56 Å². The van der Waals surface area contributed by atoms with Crippen molar-refractivity contribution in [1.29, 1.82) is 0 Å². The first-order chi connectivity index (χ1) is 9.52. The van der Waals surface area contributed by atoms with Crippen LogP contribution in [0.4, 0.5) is 0 Å². The predicted octanol–water partition coefficient (Wildman–Crippen LogP) is 0.933. The molecule has 0 fully saturated rings. The zero-order valence-electron chi connectivity index (χ0n) is 11.7. The SMILES string of the molecule is COCCN(CC(=O)O)C(=O)COc1ccc(C)cc1. The number of methoxy groups -OCH3 is 1. The van der Waals surface area contributed by atoms with Gasteiger partial charge in [0.2, 0.25) is 0 Å². The van der Waals surface area contributed by atoms with Gasteiger partial charge in [-0.3, -0.25) is 9.59 Å². The molecule has 20 heavy (non-hydrogen) atoms. The van der Waals surface area contributed by atoms with Crippen LogP contribution in [0, 0.1) is 6.92 Å². The number of carbonyl (C=O) groups is 2. The summed E-state index contributed by atoms with van der Waals surface area (Å²) in [5.74, 6) is -0.874. The first-order valence-electron chi connectivity index (χ1n) is 6.21. The van der Waals surface area contributed by atoms with E-state index >= 15 is 0 Å². The molecule has 1 aromatic carbocycles. The first-order valence-corrected chi connectivity index (χ1v) is 6.21. The van der Waals surface area contributed by atoms with Crippen molar-refractivity contribution in [2.45, 2.75) is 6.92 Å². The number of benzene rings is 1. The Labute approximate surface area is 117 Å². The molecule has 6 heteroatoms. The Bertz CT molecular complexity index is 443. The lowest BCUT2D eigenvalue weighted by Crippen LogP contribution is -2.40. The van der Waals surface area contributed by atoms with Crippen LogP contribution >= 0.6 is 0 Å². The van der Waals surface area contributed by atoms with E-state index in [-0.39, 0.29) is 32.2 Å². The monoisotopic (exact) mass is 281 g/mol. The molecule has 0 aliphatic carbocycles. The lowest BCUT2D eigenvalue weighted by atomic mass is 10.2. The van der Waals surface area contributed by atoms with Crippen LogP contribution in [-0.4, -0.2) is 55.3 Å². The zero-order chi connectivity index (χ0) is 15.0. The van der Waals surface area contributed by atoms with Crippen molar-refractivity contribution < 1.29 is 24.2 Å². The minimum absolute atomic E-state index is 0.194. The number of aryl methyl sites for hydroxylation is 1. The number of amides is 1. The normalized spacial score (nSPS) is 10.1. The van der Waals surface area contributed by atoms with E-state index in [4.69, 9.17) is 14.6 Å². The highest BCUT2D eigenvalue weighted by Crippen LogP contribution is 2.11. The van der Waals surface area contributed by atoms with Crippen LogP contribution in [-0.2, 0) is 14.3 Å². The standard InChI is InChI=1S/C14H19NO5/c1-11-3-5-12(6-4-11)20-10-13(16)15(7-8-19-2)9-14(17)18/h3-6H,7-10H2,1-2H3,(H,17,18). The summed E-state index contributed by atoms with van der Waals surface area (Å²) in [6, 6.07) is 7.28. The molecule has 0 aliphatic rings. The molecule has 0 atom stereocenters. The Balaban J connectivity index is 2.51. The van der Waals surface area contributed by atoms with Crippen LogP contribution < -0.4 is 4.74 Å². The van der Waals surface area contributed by atoms with Gasteiger partial charge in [0.05, 0.1) is 6.61 Å². The molecule has 1 N–H and O–H groups in total. The third-order valence-electron chi connectivity index (χ3n) is 2.63. The Morgan fingerprint density at radius 2 is 1.90 bits per heavy atom. The highest BCUT2D eigenvalue weighted by molar-refractivity contribution is 5.82. The molecular formula is C14H19NO5. The first kappa shape index (κ1) is 16.0. The van der Waals surface area contributed by atoms with Crippen molar-refractivity contribution >= 4 is 11.9 Å². The Morgan fingerprint density at radius 3 is 2.45 bits per heavy atom. The van der Waals surface area contributed by atoms with Crippen molar-refractivity contribution in [2.75, 3.05) is 33.4 Å². The van der Waals surface area contributed by atoms with Crippen molar-refractivity contribution in [3.63, 3.8) is 0 Å². The van der Waals surface area contributed by atoms with Gasteiger partial charge in [-0.05, 0) is 19.1 Å². The van der Waals surface area contributed by atoms with E-state index in [2.05, 4.69) is 0 Å². The lowest BCUT2D eigenvalue weighted by Gasteiger charge is -2.20. The molecule has 0 bridgehead atoms. The summed E-state index contributed by atoms with van der Waals surface area (Å²) < 4.78 is 10.2. The van der Waals surface area contributed by atoms with Gasteiger partial charge in [0.15, 0.2) is 6.61 Å². The molecule has 0 heterocycles. The number of aliphatic carboxylic acids is 1. The maximum Gasteiger partial charge on any atom is 0.323 e. The summed E-state index contributed by atoms with van der Waals surface area (Å²) in [5.41, 5.74) is 1.09. The number of carbonyl (C=O) groups excluding carboxylic acids is 1. The average Bonchev–Trinajstić information content (AvgIpc) is 2.42. The van der Waals surface area contributed by atoms with E-state index in [1.807, 2.05) is 19.1 Å². The van der Waals surface area contributed by atoms with E-state index in [1.54, 1.807) is 12.1 Å². The molecule has 0 spiro atoms. The minimum Gasteiger partial charge on any atom is -0.484 e. The molecular weight excluding hydrogens is 262 g/mol. The van der Waals surface area contributed by atoms with Gasteiger partial charge in [-0.15, -0.1) is 0 Å². The van der Waals surface area contributed by atoms with Gasteiger partial charge >= 0.3 is 5.97 Å². The lowest BCUT2D eigenvalue weighted by molar-refractivity contribution is -0.145. The summed E-state index contributed by atoms with van der Waals surface area (Å²) in [7, 11) is 1.49. The second-order valence-corrected chi connectivity index (χ2v) is 4.30. The fourth-order valence-corrected chi connectivity index (χ4v) is 1.53. The van der Waals surface area contributed by atoms with E-state index in [1.165, 1.54) is 12.0 Å². The molecule has 1 aromatic rings. The molecule has 1 rings (SSSR count). The fraction of sp³-hybridized carbons (Fsp3) is 0.429. The molecule has 0 saturated carbocycles. The largest absolute Gasteiger partial charge is 0.484 e. The van der Waals surface area contributed by atoms with Gasteiger partial charge in [0.25, 0.3) is 5.91 Å². The maximum absolute atomic E-state index is 11.9. The van der Waals surface area contributed by atoms with Crippen LogP contribution in [0.5, 0.6) is 5.75 Å². The third-order valence-corrected chi connectivity index (χ3v) is 2.63. The van der Waals surface area contributed by atoms with Gasteiger partial charge in [0, 0.05) is 13.7 Å². The van der Waals surface area contributed by atoms with Crippen molar-refractivity contribution in [1.82, 2.24) is 4.90 Å². The van der Waals surface area contributed by atoms with Gasteiger partial charge in [0.1, 0.15) is 12.3 Å². The Hall–Kier alpha value is -2.08. The third kappa shape index (κ3) is 5.71. The number of ether oxygens (including phenoxy) is 2. The highest BCUT2D eigenvalue weighted by atomic mass is 16.5. The molecule has 6 nitrogen and oxygen atoms in total. The smallest absolute Gasteiger partial charge is 0.323 e. The average molecular weight is 281 g/mol. The number of carboxylic acids is 1. The van der Waals surface area contributed by atoms with Gasteiger partial charge in [-0.1, -0.05) is 17.7 Å². The van der Waals surface area contributed by atoms with Crippen LogP contribution in [0.3, 0.4) is 0 Å². The van der Waals surface area contributed by atoms with Crippen molar-refractivity contribution in [3.8, 4) is 5.75 Å². The summed E-state index contributed by atoms with van der Waals surface area (Å²) in [6.45, 7) is 1.90. The van der Waals surface area contributed by atoms with E-state index < -0.39 is 5.97 Å². The van der Waals surface area contributed by atoms with Crippen molar-refractivity contribution in [3.05, 3.63) is 29.8 Å². The molecule has 0 unspecified atom stereocenters. The topological polar surface area (TPSA) is 76.1 Å². The second kappa shape index (κ2) is 8.16. The van der Waals surface area contributed by atoms with E-state index in [0.29, 0.717) is 5.75 Å².